The quantitative estimate of drug-likeness (QED) is 0.860. The molecule has 1 saturated heterocycles. The lowest BCUT2D eigenvalue weighted by Gasteiger charge is -2.30. The van der Waals surface area contributed by atoms with Gasteiger partial charge in [0, 0.05) is 17.9 Å². The van der Waals surface area contributed by atoms with Gasteiger partial charge in [0.1, 0.15) is 5.76 Å². The van der Waals surface area contributed by atoms with Crippen molar-refractivity contribution in [1.29, 1.82) is 0 Å². The first kappa shape index (κ1) is 15.8. The molecule has 1 aliphatic heterocycles. The molecule has 2 heterocycles. The minimum Gasteiger partial charge on any atom is -0.479 e. The molecule has 21 heavy (non-hydrogen) atoms. The van der Waals surface area contributed by atoms with E-state index in [1.54, 1.807) is 4.90 Å². The number of hydrogen-bond acceptors (Lipinski definition) is 6. The highest BCUT2D eigenvalue weighted by Crippen LogP contribution is 2.20. The summed E-state index contributed by atoms with van der Waals surface area (Å²) in [6.07, 6.45) is -0.921. The lowest BCUT2D eigenvalue weighted by atomic mass is 10.2. The summed E-state index contributed by atoms with van der Waals surface area (Å²) in [4.78, 5) is 24.5. The van der Waals surface area contributed by atoms with E-state index in [2.05, 4.69) is 5.16 Å². The molecule has 0 radical (unpaired) electrons. The number of amides is 1. The van der Waals surface area contributed by atoms with Crippen LogP contribution in [0.1, 0.15) is 17.0 Å². The summed E-state index contributed by atoms with van der Waals surface area (Å²) in [5.41, 5.74) is 1.85. The zero-order valence-corrected chi connectivity index (χ0v) is 12.8. The summed E-state index contributed by atoms with van der Waals surface area (Å²) < 4.78 is 10.2. The molecule has 0 aromatic carbocycles. The predicted molar refractivity (Wildman–Crippen MR) is 76.1 cm³/mol. The van der Waals surface area contributed by atoms with Crippen LogP contribution in [0.15, 0.2) is 4.52 Å². The maximum atomic E-state index is 12.1. The molecule has 8 heteroatoms. The Morgan fingerprint density at radius 1 is 1.48 bits per heavy atom. The van der Waals surface area contributed by atoms with Gasteiger partial charge < -0.3 is 19.3 Å². The summed E-state index contributed by atoms with van der Waals surface area (Å²) in [6.45, 7) is 4.52. The van der Waals surface area contributed by atoms with Crippen molar-refractivity contribution >= 4 is 23.6 Å². The van der Waals surface area contributed by atoms with Gasteiger partial charge in [-0.2, -0.15) is 0 Å². The molecule has 1 aromatic rings. The van der Waals surface area contributed by atoms with E-state index >= 15 is 0 Å². The number of carbonyl (C=O) groups is 2. The molecule has 1 aromatic heterocycles. The van der Waals surface area contributed by atoms with Crippen LogP contribution >= 0.6 is 11.8 Å². The van der Waals surface area contributed by atoms with Gasteiger partial charge in [0.25, 0.3) is 0 Å². The number of carboxylic acid groups (broad SMARTS) is 1. The van der Waals surface area contributed by atoms with Crippen molar-refractivity contribution in [2.45, 2.75) is 25.7 Å². The Balaban J connectivity index is 1.80. The molecule has 7 nitrogen and oxygen atoms in total. The number of aryl methyl sites for hydroxylation is 2. The topological polar surface area (TPSA) is 92.9 Å². The highest BCUT2D eigenvalue weighted by molar-refractivity contribution is 7.99. The molecule has 0 aliphatic carbocycles. The maximum absolute atomic E-state index is 12.1. The Bertz CT molecular complexity index is 511. The second-order valence-corrected chi connectivity index (χ2v) is 5.82. The number of hydrogen-bond donors (Lipinski definition) is 1. The summed E-state index contributed by atoms with van der Waals surface area (Å²) in [7, 11) is 0. The Labute approximate surface area is 126 Å². The average Bonchev–Trinajstić information content (AvgIpc) is 2.79. The smallest absolute Gasteiger partial charge is 0.334 e. The molecule has 0 saturated carbocycles. The van der Waals surface area contributed by atoms with Crippen LogP contribution in [0, 0.1) is 13.8 Å². The van der Waals surface area contributed by atoms with E-state index in [1.165, 1.54) is 11.8 Å². The van der Waals surface area contributed by atoms with Gasteiger partial charge in [0.15, 0.2) is 6.10 Å². The minimum absolute atomic E-state index is 0.0682. The van der Waals surface area contributed by atoms with Gasteiger partial charge >= 0.3 is 5.97 Å². The van der Waals surface area contributed by atoms with E-state index in [0.717, 1.165) is 17.0 Å². The van der Waals surface area contributed by atoms with Gasteiger partial charge in [-0.15, -0.1) is 11.8 Å². The first-order chi connectivity index (χ1) is 9.99. The van der Waals surface area contributed by atoms with E-state index in [0.29, 0.717) is 18.1 Å². The van der Waals surface area contributed by atoms with Crippen LogP contribution in [0.2, 0.25) is 0 Å². The van der Waals surface area contributed by atoms with E-state index in [9.17, 15) is 9.59 Å². The van der Waals surface area contributed by atoms with Crippen molar-refractivity contribution in [3.8, 4) is 0 Å². The van der Waals surface area contributed by atoms with Crippen LogP contribution in [0.3, 0.4) is 0 Å². The van der Waals surface area contributed by atoms with Crippen molar-refractivity contribution in [3.05, 3.63) is 17.0 Å². The first-order valence-corrected chi connectivity index (χ1v) is 7.76. The fourth-order valence-electron chi connectivity index (χ4n) is 2.06. The number of morpholine rings is 1. The largest absolute Gasteiger partial charge is 0.479 e. The minimum atomic E-state index is -1.03. The zero-order chi connectivity index (χ0) is 15.4. The fourth-order valence-corrected chi connectivity index (χ4v) is 3.14. The molecule has 116 valence electrons. The highest BCUT2D eigenvalue weighted by atomic mass is 32.2. The van der Waals surface area contributed by atoms with Gasteiger partial charge in [0.2, 0.25) is 5.91 Å². The second-order valence-electron chi connectivity index (χ2n) is 4.83. The standard InChI is InChI=1S/C13H18N2O5S/c1-8-10(9(2)20-14-8)6-21-7-12(16)15-3-4-19-11(5-15)13(17)18/h11H,3-7H2,1-2H3,(H,17,18). The van der Waals surface area contributed by atoms with E-state index in [1.807, 2.05) is 13.8 Å². The van der Waals surface area contributed by atoms with E-state index in [-0.39, 0.29) is 19.1 Å². The molecule has 1 N–H and O–H groups in total. The number of ether oxygens (including phenoxy) is 1. The summed E-state index contributed by atoms with van der Waals surface area (Å²) >= 11 is 1.47. The normalized spacial score (nSPS) is 18.8. The molecule has 2 rings (SSSR count). The van der Waals surface area contributed by atoms with E-state index in [4.69, 9.17) is 14.4 Å². The van der Waals surface area contributed by atoms with Crippen LogP contribution in [-0.2, 0) is 20.1 Å². The van der Waals surface area contributed by atoms with Crippen LogP contribution in [0.5, 0.6) is 0 Å². The molecule has 1 fully saturated rings. The van der Waals surface area contributed by atoms with E-state index < -0.39 is 12.1 Å². The number of carboxylic acids is 1. The fraction of sp³-hybridized carbons (Fsp3) is 0.615. The number of aliphatic carboxylic acids is 1. The molecule has 0 bridgehead atoms. The zero-order valence-electron chi connectivity index (χ0n) is 12.0. The van der Waals surface area contributed by atoms with Crippen molar-refractivity contribution < 1.29 is 24.0 Å². The Morgan fingerprint density at radius 3 is 2.86 bits per heavy atom. The van der Waals surface area contributed by atoms with Crippen molar-refractivity contribution in [1.82, 2.24) is 10.1 Å². The second kappa shape index (κ2) is 6.95. The van der Waals surface area contributed by atoms with Crippen molar-refractivity contribution in [3.63, 3.8) is 0 Å². The lowest BCUT2D eigenvalue weighted by Crippen LogP contribution is -2.49. The average molecular weight is 314 g/mol. The van der Waals surface area contributed by atoms with Gasteiger partial charge in [0.05, 0.1) is 24.6 Å². The van der Waals surface area contributed by atoms with Crippen molar-refractivity contribution in [2.75, 3.05) is 25.4 Å². The molecule has 1 amide bonds. The summed E-state index contributed by atoms with van der Waals surface area (Å²) in [5.74, 6) is 0.623. The maximum Gasteiger partial charge on any atom is 0.334 e. The van der Waals surface area contributed by atoms with Crippen LogP contribution < -0.4 is 0 Å². The van der Waals surface area contributed by atoms with Crippen LogP contribution in [-0.4, -0.2) is 58.6 Å². The number of aromatic nitrogens is 1. The number of thioether (sulfide) groups is 1. The Kier molecular flexibility index (Phi) is 5.24. The molecule has 0 spiro atoms. The Hall–Kier alpha value is -1.54. The number of carbonyl (C=O) groups excluding carboxylic acids is 1. The highest BCUT2D eigenvalue weighted by Gasteiger charge is 2.28. The molecular weight excluding hydrogens is 296 g/mol. The van der Waals surface area contributed by atoms with Gasteiger partial charge in [-0.3, -0.25) is 4.79 Å². The Morgan fingerprint density at radius 2 is 2.24 bits per heavy atom. The molecule has 1 unspecified atom stereocenters. The third kappa shape index (κ3) is 3.98. The molecule has 1 atom stereocenters. The molecular formula is C13H18N2O5S. The monoisotopic (exact) mass is 314 g/mol. The number of nitrogens with zero attached hydrogens (tertiary/aromatic N) is 2. The summed E-state index contributed by atoms with van der Waals surface area (Å²) in [5, 5.41) is 12.8. The lowest BCUT2D eigenvalue weighted by molar-refractivity contribution is -0.158. The predicted octanol–water partition coefficient (Wildman–Crippen LogP) is 0.837. The van der Waals surface area contributed by atoms with Gasteiger partial charge in [-0.25, -0.2) is 4.79 Å². The van der Waals surface area contributed by atoms with Crippen LogP contribution in [0.4, 0.5) is 0 Å². The van der Waals surface area contributed by atoms with Gasteiger partial charge in [-0.1, -0.05) is 5.16 Å². The first-order valence-electron chi connectivity index (χ1n) is 6.60. The van der Waals surface area contributed by atoms with Crippen molar-refractivity contribution in [2.24, 2.45) is 0 Å². The molecule has 1 aliphatic rings. The van der Waals surface area contributed by atoms with Crippen LogP contribution in [0.25, 0.3) is 0 Å². The number of rotatable bonds is 5. The third-order valence-electron chi connectivity index (χ3n) is 3.35. The van der Waals surface area contributed by atoms with Gasteiger partial charge in [-0.05, 0) is 13.8 Å². The SMILES string of the molecule is Cc1noc(C)c1CSCC(=O)N1CCOC(C(=O)O)C1. The summed E-state index contributed by atoms with van der Waals surface area (Å²) in [6, 6.07) is 0. The third-order valence-corrected chi connectivity index (χ3v) is 4.29.